The Hall–Kier alpha value is -2.71. The van der Waals surface area contributed by atoms with Gasteiger partial charge in [0.05, 0.1) is 13.2 Å². The van der Waals surface area contributed by atoms with Gasteiger partial charge in [-0.3, -0.25) is 4.79 Å². The monoisotopic (exact) mass is 395 g/mol. The first kappa shape index (κ1) is 20.0. The first-order valence-electron chi connectivity index (χ1n) is 9.44. The molecule has 0 fully saturated rings. The Labute approximate surface area is 170 Å². The summed E-state index contributed by atoms with van der Waals surface area (Å²) < 4.78 is 12.0. The van der Waals surface area contributed by atoms with Gasteiger partial charge < -0.3 is 14.4 Å². The van der Waals surface area contributed by atoms with Crippen LogP contribution in [0, 0.1) is 19.3 Å². The highest BCUT2D eigenvalue weighted by atomic mass is 32.1. The smallest absolute Gasteiger partial charge is 0.223 e. The van der Waals surface area contributed by atoms with Crippen LogP contribution in [0.3, 0.4) is 0 Å². The van der Waals surface area contributed by atoms with Crippen molar-refractivity contribution in [2.45, 2.75) is 32.7 Å². The van der Waals surface area contributed by atoms with Gasteiger partial charge in [0.2, 0.25) is 5.91 Å². The summed E-state index contributed by atoms with van der Waals surface area (Å²) in [6.07, 6.45) is 8.81. The molecule has 2 heterocycles. The molecule has 28 heavy (non-hydrogen) atoms. The minimum absolute atomic E-state index is 0.114. The van der Waals surface area contributed by atoms with Crippen molar-refractivity contribution in [3.8, 4) is 34.3 Å². The molecule has 0 radical (unpaired) electrons. The highest BCUT2D eigenvalue weighted by Crippen LogP contribution is 2.40. The Bertz CT molecular complexity index is 894. The Morgan fingerprint density at radius 3 is 3.04 bits per heavy atom. The van der Waals surface area contributed by atoms with E-state index in [1.807, 2.05) is 11.0 Å². The van der Waals surface area contributed by atoms with E-state index in [0.717, 1.165) is 16.0 Å². The first-order valence-corrected chi connectivity index (χ1v) is 10.3. The van der Waals surface area contributed by atoms with E-state index >= 15 is 0 Å². The molecular formula is C23H25NO3S. The zero-order valence-electron chi connectivity index (χ0n) is 16.2. The van der Waals surface area contributed by atoms with E-state index in [4.69, 9.17) is 15.9 Å². The molecule has 0 unspecified atom stereocenters. The molecule has 0 saturated heterocycles. The molecule has 5 heteroatoms. The van der Waals surface area contributed by atoms with Crippen LogP contribution < -0.4 is 9.47 Å². The molecule has 0 N–H and O–H groups in total. The summed E-state index contributed by atoms with van der Waals surface area (Å²) in [6, 6.07) is 8.33. The second-order valence-corrected chi connectivity index (χ2v) is 7.95. The van der Waals surface area contributed by atoms with Crippen molar-refractivity contribution in [1.29, 1.82) is 0 Å². The quantitative estimate of drug-likeness (QED) is 0.384. The molecule has 0 aliphatic carbocycles. The van der Waals surface area contributed by atoms with Gasteiger partial charge in [0, 0.05) is 34.7 Å². The number of hydrogen-bond donors (Lipinski definition) is 0. The summed E-state index contributed by atoms with van der Waals surface area (Å²) in [6.45, 7) is 7.73. The summed E-state index contributed by atoms with van der Waals surface area (Å²) in [5, 5.41) is 0. The first-order chi connectivity index (χ1) is 13.6. The van der Waals surface area contributed by atoms with Gasteiger partial charge in [-0.1, -0.05) is 6.08 Å². The fourth-order valence-electron chi connectivity index (χ4n) is 3.14. The van der Waals surface area contributed by atoms with E-state index in [0.29, 0.717) is 57.1 Å². The molecule has 1 aromatic heterocycles. The van der Waals surface area contributed by atoms with Gasteiger partial charge in [0.1, 0.15) is 6.61 Å². The van der Waals surface area contributed by atoms with Gasteiger partial charge in [-0.25, -0.2) is 0 Å². The van der Waals surface area contributed by atoms with Crippen molar-refractivity contribution in [2.75, 3.05) is 19.8 Å². The van der Waals surface area contributed by atoms with Crippen molar-refractivity contribution in [1.82, 2.24) is 4.90 Å². The van der Waals surface area contributed by atoms with Crippen LogP contribution >= 0.6 is 11.3 Å². The number of benzene rings is 1. The van der Waals surface area contributed by atoms with Crippen LogP contribution in [-0.4, -0.2) is 30.6 Å². The third-order valence-electron chi connectivity index (χ3n) is 4.54. The summed E-state index contributed by atoms with van der Waals surface area (Å²) in [5.41, 5.74) is 2.03. The fraction of sp³-hybridized carbons (Fsp3) is 0.348. The molecule has 1 aliphatic heterocycles. The lowest BCUT2D eigenvalue weighted by molar-refractivity contribution is -0.131. The molecule has 1 aliphatic rings. The molecule has 1 amide bonds. The predicted molar refractivity (Wildman–Crippen MR) is 114 cm³/mol. The van der Waals surface area contributed by atoms with E-state index in [2.05, 4.69) is 37.6 Å². The molecule has 0 atom stereocenters. The number of thiophene rings is 1. The number of fused-ring (bicyclic) bond motifs is 1. The van der Waals surface area contributed by atoms with Crippen LogP contribution in [0.5, 0.6) is 11.5 Å². The summed E-state index contributed by atoms with van der Waals surface area (Å²) in [5.74, 6) is 4.12. The number of rotatable bonds is 7. The second-order valence-electron chi connectivity index (χ2n) is 6.67. The molecule has 146 valence electrons. The Kier molecular flexibility index (Phi) is 6.78. The van der Waals surface area contributed by atoms with Crippen LogP contribution in [0.1, 0.15) is 29.7 Å². The van der Waals surface area contributed by atoms with Crippen molar-refractivity contribution in [2.24, 2.45) is 0 Å². The van der Waals surface area contributed by atoms with Gasteiger partial charge in [-0.05, 0) is 43.2 Å². The average Bonchev–Trinajstić information content (AvgIpc) is 3.00. The summed E-state index contributed by atoms with van der Waals surface area (Å²) in [4.78, 5) is 16.8. The van der Waals surface area contributed by atoms with Crippen molar-refractivity contribution in [3.63, 3.8) is 0 Å². The van der Waals surface area contributed by atoms with Crippen LogP contribution in [-0.2, 0) is 11.3 Å². The van der Waals surface area contributed by atoms with Gasteiger partial charge >= 0.3 is 0 Å². The number of carbonyl (C=O) groups is 1. The lowest BCUT2D eigenvalue weighted by atomic mass is 10.1. The highest BCUT2D eigenvalue weighted by molar-refractivity contribution is 7.15. The van der Waals surface area contributed by atoms with Gasteiger partial charge in [0.15, 0.2) is 11.5 Å². The third-order valence-corrected chi connectivity index (χ3v) is 5.59. The largest absolute Gasteiger partial charge is 0.489 e. The SMILES string of the molecule is C#CCCOc1cc(-c2ccc(C)s2)cc2c1OCCN(C(=O)CCC=C)C2. The zero-order chi connectivity index (χ0) is 19.9. The third kappa shape index (κ3) is 4.76. The zero-order valence-corrected chi connectivity index (χ0v) is 17.0. The topological polar surface area (TPSA) is 38.8 Å². The fourth-order valence-corrected chi connectivity index (χ4v) is 3.99. The van der Waals surface area contributed by atoms with Crippen LogP contribution in [0.15, 0.2) is 36.9 Å². The number of nitrogens with zero attached hydrogens (tertiary/aromatic N) is 1. The van der Waals surface area contributed by atoms with E-state index < -0.39 is 0 Å². The molecule has 0 saturated carbocycles. The standard InChI is InChI=1S/C23H25NO3S/c1-4-6-8-22(25)24-11-13-27-23-19(16-24)14-18(21-10-9-17(3)28-21)15-20(23)26-12-7-5-2/h2,4,9-10,14-15H,1,6-8,11-13,16H2,3H3. The van der Waals surface area contributed by atoms with E-state index in [1.54, 1.807) is 17.4 Å². The summed E-state index contributed by atoms with van der Waals surface area (Å²) >= 11 is 1.73. The lowest BCUT2D eigenvalue weighted by Gasteiger charge is -2.20. The molecular weight excluding hydrogens is 370 g/mol. The average molecular weight is 396 g/mol. The van der Waals surface area contributed by atoms with Gasteiger partial charge in [-0.15, -0.1) is 30.3 Å². The minimum Gasteiger partial charge on any atom is -0.489 e. The maximum absolute atomic E-state index is 12.5. The molecule has 3 rings (SSSR count). The van der Waals surface area contributed by atoms with Crippen molar-refractivity contribution in [3.05, 3.63) is 47.4 Å². The van der Waals surface area contributed by atoms with Crippen LogP contribution in [0.25, 0.3) is 10.4 Å². The maximum Gasteiger partial charge on any atom is 0.223 e. The Morgan fingerprint density at radius 1 is 1.46 bits per heavy atom. The molecule has 0 bridgehead atoms. The molecule has 0 spiro atoms. The number of carbonyl (C=O) groups excluding carboxylic acids is 1. The highest BCUT2D eigenvalue weighted by Gasteiger charge is 2.23. The Balaban J connectivity index is 1.95. The number of allylic oxidation sites excluding steroid dienone is 1. The predicted octanol–water partition coefficient (Wildman–Crippen LogP) is 4.81. The van der Waals surface area contributed by atoms with Crippen molar-refractivity contribution >= 4 is 17.2 Å². The van der Waals surface area contributed by atoms with Gasteiger partial charge in [-0.2, -0.15) is 0 Å². The number of terminal acetylenes is 1. The molecule has 4 nitrogen and oxygen atoms in total. The molecule has 1 aromatic carbocycles. The molecule has 2 aromatic rings. The van der Waals surface area contributed by atoms with E-state index in [9.17, 15) is 4.79 Å². The number of ether oxygens (including phenoxy) is 2. The van der Waals surface area contributed by atoms with Crippen LogP contribution in [0.4, 0.5) is 0 Å². The summed E-state index contributed by atoms with van der Waals surface area (Å²) in [7, 11) is 0. The number of hydrogen-bond acceptors (Lipinski definition) is 4. The van der Waals surface area contributed by atoms with Crippen LogP contribution in [0.2, 0.25) is 0 Å². The number of aryl methyl sites for hydroxylation is 1. The lowest BCUT2D eigenvalue weighted by Crippen LogP contribution is -2.32. The normalized spacial score (nSPS) is 13.1. The van der Waals surface area contributed by atoms with E-state index in [-0.39, 0.29) is 5.91 Å². The van der Waals surface area contributed by atoms with Gasteiger partial charge in [0.25, 0.3) is 0 Å². The van der Waals surface area contributed by atoms with E-state index in [1.165, 1.54) is 4.88 Å². The minimum atomic E-state index is 0.114. The number of amides is 1. The maximum atomic E-state index is 12.5. The Morgan fingerprint density at radius 2 is 2.32 bits per heavy atom. The second kappa shape index (κ2) is 9.48. The van der Waals surface area contributed by atoms with Crippen molar-refractivity contribution < 1.29 is 14.3 Å².